The Morgan fingerprint density at radius 1 is 1.29 bits per heavy atom. The first-order chi connectivity index (χ1) is 6.72. The van der Waals surface area contributed by atoms with Crippen molar-refractivity contribution in [3.8, 4) is 0 Å². The lowest BCUT2D eigenvalue weighted by Crippen LogP contribution is -2.52. The quantitative estimate of drug-likeness (QED) is 0.734. The molecule has 1 unspecified atom stereocenters. The molecule has 1 aliphatic heterocycles. The number of nitrogens with zero attached hydrogens (tertiary/aromatic N) is 1. The molecule has 0 aromatic carbocycles. The highest BCUT2D eigenvalue weighted by Crippen LogP contribution is 2.30. The fraction of sp³-hybridized carbons (Fsp3) is 1.00. The van der Waals surface area contributed by atoms with Crippen molar-refractivity contribution in [2.45, 2.75) is 52.0 Å². The van der Waals surface area contributed by atoms with Gasteiger partial charge in [0.1, 0.15) is 0 Å². The van der Waals surface area contributed by atoms with Gasteiger partial charge in [-0.05, 0) is 31.7 Å². The first kappa shape index (κ1) is 12.0. The van der Waals surface area contributed by atoms with Gasteiger partial charge in [-0.1, -0.05) is 27.2 Å². The molecule has 2 N–H and O–H groups in total. The summed E-state index contributed by atoms with van der Waals surface area (Å²) in [6, 6.07) is 0. The molecule has 2 heteroatoms. The molecule has 0 radical (unpaired) electrons. The lowest BCUT2D eigenvalue weighted by molar-refractivity contribution is 0.109. The number of likely N-dealkylation sites (tertiary alicyclic amines) is 1. The van der Waals surface area contributed by atoms with E-state index in [9.17, 15) is 0 Å². The normalized spacial score (nSPS) is 24.4. The van der Waals surface area contributed by atoms with Crippen molar-refractivity contribution in [1.29, 1.82) is 0 Å². The molecule has 0 spiro atoms. The second-order valence-corrected chi connectivity index (χ2v) is 4.64. The second-order valence-electron chi connectivity index (χ2n) is 4.64. The van der Waals surface area contributed by atoms with E-state index in [4.69, 9.17) is 5.73 Å². The highest BCUT2D eigenvalue weighted by atomic mass is 15.2. The summed E-state index contributed by atoms with van der Waals surface area (Å²) in [5.41, 5.74) is 6.25. The zero-order valence-electron chi connectivity index (χ0n) is 10.1. The summed E-state index contributed by atoms with van der Waals surface area (Å²) in [6.07, 6.45) is 5.08. The molecule has 1 heterocycles. The first-order valence-corrected chi connectivity index (χ1v) is 6.17. The summed E-state index contributed by atoms with van der Waals surface area (Å²) >= 11 is 0. The van der Waals surface area contributed by atoms with E-state index in [0.717, 1.165) is 12.5 Å². The molecule has 1 aliphatic rings. The van der Waals surface area contributed by atoms with Gasteiger partial charge in [-0.15, -0.1) is 0 Å². The second kappa shape index (κ2) is 5.13. The molecular weight excluding hydrogens is 172 g/mol. The number of hydrogen-bond acceptors (Lipinski definition) is 2. The molecule has 1 rings (SSSR count). The summed E-state index contributed by atoms with van der Waals surface area (Å²) in [6.45, 7) is 10.2. The maximum absolute atomic E-state index is 5.95. The van der Waals surface area contributed by atoms with Gasteiger partial charge in [-0.25, -0.2) is 0 Å². The zero-order valence-corrected chi connectivity index (χ0v) is 10.1. The van der Waals surface area contributed by atoms with E-state index in [2.05, 4.69) is 25.7 Å². The van der Waals surface area contributed by atoms with Crippen molar-refractivity contribution < 1.29 is 0 Å². The summed E-state index contributed by atoms with van der Waals surface area (Å²) < 4.78 is 0. The van der Waals surface area contributed by atoms with E-state index in [1.165, 1.54) is 38.8 Å². The van der Waals surface area contributed by atoms with Crippen molar-refractivity contribution in [1.82, 2.24) is 4.90 Å². The van der Waals surface area contributed by atoms with Gasteiger partial charge in [0.25, 0.3) is 0 Å². The maximum Gasteiger partial charge on any atom is 0.0326 e. The molecule has 1 atom stereocenters. The van der Waals surface area contributed by atoms with Crippen LogP contribution in [-0.2, 0) is 0 Å². The molecule has 2 nitrogen and oxygen atoms in total. The largest absolute Gasteiger partial charge is 0.329 e. The van der Waals surface area contributed by atoms with Crippen LogP contribution in [0.1, 0.15) is 46.5 Å². The van der Waals surface area contributed by atoms with Crippen LogP contribution < -0.4 is 5.73 Å². The van der Waals surface area contributed by atoms with E-state index in [-0.39, 0.29) is 0 Å². The highest BCUT2D eigenvalue weighted by molar-refractivity contribution is 4.93. The standard InChI is InChI=1S/C12H26N2/c1-4-11-7-8-14(9-11)12(5-2,6-3)10-13/h11H,4-10,13H2,1-3H3. The van der Waals surface area contributed by atoms with Crippen molar-refractivity contribution >= 4 is 0 Å². The van der Waals surface area contributed by atoms with Gasteiger partial charge in [-0.2, -0.15) is 0 Å². The first-order valence-electron chi connectivity index (χ1n) is 6.17. The van der Waals surface area contributed by atoms with Crippen LogP contribution in [0.4, 0.5) is 0 Å². The van der Waals surface area contributed by atoms with Gasteiger partial charge < -0.3 is 5.73 Å². The molecule has 0 amide bonds. The molecule has 0 aliphatic carbocycles. The molecule has 1 fully saturated rings. The monoisotopic (exact) mass is 198 g/mol. The number of hydrogen-bond donors (Lipinski definition) is 1. The molecule has 0 aromatic heterocycles. The predicted octanol–water partition coefficient (Wildman–Crippen LogP) is 2.24. The summed E-state index contributed by atoms with van der Waals surface area (Å²) in [4.78, 5) is 2.64. The SMILES string of the molecule is CCC1CCN(C(CC)(CC)CN)C1. The number of nitrogens with two attached hydrogens (primary N) is 1. The smallest absolute Gasteiger partial charge is 0.0326 e. The molecule has 0 aromatic rings. The third kappa shape index (κ3) is 2.12. The topological polar surface area (TPSA) is 29.3 Å². The van der Waals surface area contributed by atoms with Gasteiger partial charge in [0, 0.05) is 18.6 Å². The Morgan fingerprint density at radius 3 is 2.29 bits per heavy atom. The maximum atomic E-state index is 5.95. The van der Waals surface area contributed by atoms with Crippen molar-refractivity contribution in [2.24, 2.45) is 11.7 Å². The van der Waals surface area contributed by atoms with Gasteiger partial charge in [0.05, 0.1) is 0 Å². The van der Waals surface area contributed by atoms with E-state index in [0.29, 0.717) is 5.54 Å². The van der Waals surface area contributed by atoms with Crippen molar-refractivity contribution in [3.63, 3.8) is 0 Å². The highest BCUT2D eigenvalue weighted by Gasteiger charge is 2.36. The van der Waals surface area contributed by atoms with E-state index >= 15 is 0 Å². The fourth-order valence-electron chi connectivity index (χ4n) is 2.71. The minimum atomic E-state index is 0.296. The lowest BCUT2D eigenvalue weighted by Gasteiger charge is -2.40. The average Bonchev–Trinajstić information content (AvgIpc) is 2.71. The van der Waals surface area contributed by atoms with Crippen LogP contribution in [0.3, 0.4) is 0 Å². The Labute approximate surface area is 88.8 Å². The Morgan fingerprint density at radius 2 is 1.93 bits per heavy atom. The Hall–Kier alpha value is -0.0800. The van der Waals surface area contributed by atoms with Gasteiger partial charge in [0.2, 0.25) is 0 Å². The van der Waals surface area contributed by atoms with Crippen LogP contribution in [0.15, 0.2) is 0 Å². The molecule has 0 saturated carbocycles. The zero-order chi connectivity index (χ0) is 10.6. The van der Waals surface area contributed by atoms with Crippen LogP contribution in [0.5, 0.6) is 0 Å². The van der Waals surface area contributed by atoms with Crippen molar-refractivity contribution in [2.75, 3.05) is 19.6 Å². The minimum Gasteiger partial charge on any atom is -0.329 e. The minimum absolute atomic E-state index is 0.296. The van der Waals surface area contributed by atoms with E-state index < -0.39 is 0 Å². The Bertz CT molecular complexity index is 155. The van der Waals surface area contributed by atoms with Crippen LogP contribution in [0.25, 0.3) is 0 Å². The predicted molar refractivity (Wildman–Crippen MR) is 62.3 cm³/mol. The summed E-state index contributed by atoms with van der Waals surface area (Å²) in [7, 11) is 0. The van der Waals surface area contributed by atoms with Crippen LogP contribution in [-0.4, -0.2) is 30.1 Å². The Balaban J connectivity index is 2.61. The van der Waals surface area contributed by atoms with Crippen LogP contribution >= 0.6 is 0 Å². The van der Waals surface area contributed by atoms with Gasteiger partial charge in [-0.3, -0.25) is 4.90 Å². The van der Waals surface area contributed by atoms with E-state index in [1.54, 1.807) is 0 Å². The molecule has 1 saturated heterocycles. The van der Waals surface area contributed by atoms with Crippen LogP contribution in [0, 0.1) is 5.92 Å². The van der Waals surface area contributed by atoms with Crippen LogP contribution in [0.2, 0.25) is 0 Å². The third-order valence-electron chi connectivity index (χ3n) is 4.23. The summed E-state index contributed by atoms with van der Waals surface area (Å²) in [5, 5.41) is 0. The molecule has 84 valence electrons. The van der Waals surface area contributed by atoms with Gasteiger partial charge >= 0.3 is 0 Å². The lowest BCUT2D eigenvalue weighted by atomic mass is 9.91. The van der Waals surface area contributed by atoms with Crippen molar-refractivity contribution in [3.05, 3.63) is 0 Å². The number of rotatable bonds is 5. The molecule has 0 bridgehead atoms. The third-order valence-corrected chi connectivity index (χ3v) is 4.23. The fourth-order valence-corrected chi connectivity index (χ4v) is 2.71. The van der Waals surface area contributed by atoms with E-state index in [1.807, 2.05) is 0 Å². The molecule has 14 heavy (non-hydrogen) atoms. The average molecular weight is 198 g/mol. The Kier molecular flexibility index (Phi) is 4.39. The molecular formula is C12H26N2. The van der Waals surface area contributed by atoms with Gasteiger partial charge in [0.15, 0.2) is 0 Å². The summed E-state index contributed by atoms with van der Waals surface area (Å²) in [5.74, 6) is 0.916.